The van der Waals surface area contributed by atoms with E-state index in [-0.39, 0.29) is 11.9 Å². The highest BCUT2D eigenvalue weighted by Crippen LogP contribution is 2.24. The van der Waals surface area contributed by atoms with Gasteiger partial charge >= 0.3 is 0 Å². The predicted molar refractivity (Wildman–Crippen MR) is 108 cm³/mol. The van der Waals surface area contributed by atoms with Crippen LogP contribution in [0.15, 0.2) is 48.5 Å². The molecule has 0 aliphatic rings. The van der Waals surface area contributed by atoms with Crippen molar-refractivity contribution in [1.82, 2.24) is 5.32 Å². The molecule has 0 spiro atoms. The molecule has 2 rings (SSSR count). The number of hydrogen-bond donors (Lipinski definition) is 1. The van der Waals surface area contributed by atoms with Crippen molar-refractivity contribution in [2.24, 2.45) is 5.92 Å². The Balaban J connectivity index is 2.11. The molecule has 0 fully saturated rings. The predicted octanol–water partition coefficient (Wildman–Crippen LogP) is 5.71. The zero-order valence-corrected chi connectivity index (χ0v) is 16.7. The van der Waals surface area contributed by atoms with Crippen molar-refractivity contribution >= 4 is 17.5 Å². The van der Waals surface area contributed by atoms with Crippen LogP contribution in [0.2, 0.25) is 5.02 Å². The monoisotopic (exact) mass is 373 g/mol. The highest BCUT2D eigenvalue weighted by Gasteiger charge is 2.23. The Labute approximate surface area is 161 Å². The number of benzene rings is 2. The summed E-state index contributed by atoms with van der Waals surface area (Å²) in [6.45, 7) is 8.19. The minimum Gasteiger partial charge on any atom is -0.481 e. The number of rotatable bonds is 8. The molecule has 0 heterocycles. The number of ether oxygens (including phenoxy) is 1. The van der Waals surface area contributed by atoms with Gasteiger partial charge in [0.2, 0.25) is 0 Å². The molecular formula is C22H28ClNO2. The van der Waals surface area contributed by atoms with Gasteiger partial charge in [0.05, 0.1) is 6.04 Å². The zero-order valence-electron chi connectivity index (χ0n) is 16.0. The van der Waals surface area contributed by atoms with Gasteiger partial charge in [0.25, 0.3) is 5.91 Å². The third-order valence-corrected chi connectivity index (χ3v) is 4.72. The van der Waals surface area contributed by atoms with Crippen LogP contribution in [-0.4, -0.2) is 12.0 Å². The van der Waals surface area contributed by atoms with Crippen LogP contribution in [0.3, 0.4) is 0 Å². The van der Waals surface area contributed by atoms with E-state index >= 15 is 0 Å². The van der Waals surface area contributed by atoms with E-state index in [1.807, 2.05) is 38.1 Å². The maximum absolute atomic E-state index is 12.8. The molecule has 140 valence electrons. The molecule has 1 amide bonds. The first-order valence-corrected chi connectivity index (χ1v) is 9.56. The van der Waals surface area contributed by atoms with Crippen molar-refractivity contribution in [3.63, 3.8) is 0 Å². The number of halogens is 1. The van der Waals surface area contributed by atoms with Gasteiger partial charge in [-0.3, -0.25) is 4.79 Å². The van der Waals surface area contributed by atoms with Crippen LogP contribution in [0.4, 0.5) is 0 Å². The van der Waals surface area contributed by atoms with Crippen molar-refractivity contribution in [2.75, 3.05) is 0 Å². The first kappa shape index (κ1) is 20.3. The lowest BCUT2D eigenvalue weighted by molar-refractivity contribution is -0.129. The summed E-state index contributed by atoms with van der Waals surface area (Å²) < 4.78 is 5.93. The summed E-state index contributed by atoms with van der Waals surface area (Å²) in [6.07, 6.45) is 0.942. The molecule has 2 aromatic rings. The fourth-order valence-electron chi connectivity index (χ4n) is 2.88. The molecule has 0 aliphatic heterocycles. The minimum absolute atomic E-state index is 0.0201. The van der Waals surface area contributed by atoms with E-state index in [9.17, 15) is 4.79 Å². The number of carbonyl (C=O) groups is 1. The summed E-state index contributed by atoms with van der Waals surface area (Å²) in [4.78, 5) is 12.8. The van der Waals surface area contributed by atoms with E-state index in [0.29, 0.717) is 23.1 Å². The molecule has 2 aromatic carbocycles. The summed E-state index contributed by atoms with van der Waals surface area (Å²) in [5.41, 5.74) is 2.05. The third-order valence-electron chi connectivity index (χ3n) is 4.30. The Kier molecular flexibility index (Phi) is 7.52. The maximum Gasteiger partial charge on any atom is 0.261 e. The molecule has 0 unspecified atom stereocenters. The average Bonchev–Trinajstić information content (AvgIpc) is 2.62. The van der Waals surface area contributed by atoms with Gasteiger partial charge in [0, 0.05) is 5.02 Å². The van der Waals surface area contributed by atoms with Crippen LogP contribution in [0, 0.1) is 12.8 Å². The van der Waals surface area contributed by atoms with Gasteiger partial charge in [-0.25, -0.2) is 0 Å². The van der Waals surface area contributed by atoms with Crippen molar-refractivity contribution in [3.8, 4) is 5.75 Å². The molecule has 26 heavy (non-hydrogen) atoms. The van der Waals surface area contributed by atoms with Gasteiger partial charge in [-0.05, 0) is 55.0 Å². The normalized spacial score (nSPS) is 13.3. The van der Waals surface area contributed by atoms with E-state index in [1.54, 1.807) is 12.1 Å². The van der Waals surface area contributed by atoms with Crippen molar-refractivity contribution in [3.05, 3.63) is 64.7 Å². The molecule has 0 aromatic heterocycles. The second kappa shape index (κ2) is 9.63. The third kappa shape index (κ3) is 5.77. The van der Waals surface area contributed by atoms with Gasteiger partial charge in [-0.1, -0.05) is 62.7 Å². The van der Waals surface area contributed by atoms with E-state index in [1.165, 1.54) is 0 Å². The largest absolute Gasteiger partial charge is 0.481 e. The summed E-state index contributed by atoms with van der Waals surface area (Å²) in [5, 5.41) is 3.86. The quantitative estimate of drug-likeness (QED) is 0.643. The van der Waals surface area contributed by atoms with Crippen LogP contribution in [-0.2, 0) is 4.79 Å². The highest BCUT2D eigenvalue weighted by molar-refractivity contribution is 6.31. The summed E-state index contributed by atoms with van der Waals surface area (Å²) in [6, 6.07) is 15.5. The Hall–Kier alpha value is -2.00. The van der Waals surface area contributed by atoms with E-state index in [2.05, 4.69) is 31.3 Å². The first-order chi connectivity index (χ1) is 12.4. The topological polar surface area (TPSA) is 38.3 Å². The number of carbonyl (C=O) groups excluding carboxylic acids is 1. The molecule has 0 bridgehead atoms. The average molecular weight is 374 g/mol. The Morgan fingerprint density at radius 2 is 1.85 bits per heavy atom. The molecule has 2 atom stereocenters. The van der Waals surface area contributed by atoms with Gasteiger partial charge < -0.3 is 10.1 Å². The number of amides is 1. The lowest BCUT2D eigenvalue weighted by Gasteiger charge is -2.24. The van der Waals surface area contributed by atoms with Crippen LogP contribution in [0.1, 0.15) is 50.8 Å². The van der Waals surface area contributed by atoms with E-state index < -0.39 is 6.10 Å². The van der Waals surface area contributed by atoms with E-state index in [0.717, 1.165) is 17.5 Å². The van der Waals surface area contributed by atoms with Crippen LogP contribution in [0.5, 0.6) is 5.75 Å². The lowest BCUT2D eigenvalue weighted by Crippen LogP contribution is -2.40. The molecule has 0 aliphatic carbocycles. The highest BCUT2D eigenvalue weighted by atomic mass is 35.5. The van der Waals surface area contributed by atoms with Crippen molar-refractivity contribution < 1.29 is 9.53 Å². The Bertz CT molecular complexity index is 715. The van der Waals surface area contributed by atoms with Crippen LogP contribution in [0.25, 0.3) is 0 Å². The Morgan fingerprint density at radius 3 is 2.42 bits per heavy atom. The van der Waals surface area contributed by atoms with Gasteiger partial charge in [0.1, 0.15) is 5.75 Å². The van der Waals surface area contributed by atoms with Crippen LogP contribution < -0.4 is 10.1 Å². The maximum atomic E-state index is 12.8. The summed E-state index contributed by atoms with van der Waals surface area (Å²) >= 11 is 6.06. The van der Waals surface area contributed by atoms with Gasteiger partial charge in [0.15, 0.2) is 6.10 Å². The smallest absolute Gasteiger partial charge is 0.261 e. The van der Waals surface area contributed by atoms with E-state index in [4.69, 9.17) is 16.3 Å². The fourth-order valence-corrected chi connectivity index (χ4v) is 2.99. The zero-order chi connectivity index (χ0) is 19.1. The molecule has 4 heteroatoms. The van der Waals surface area contributed by atoms with Crippen molar-refractivity contribution in [1.29, 1.82) is 0 Å². The molecule has 0 saturated carbocycles. The van der Waals surface area contributed by atoms with Crippen molar-refractivity contribution in [2.45, 2.75) is 52.7 Å². The molecule has 0 saturated heterocycles. The molecular weight excluding hydrogens is 346 g/mol. The second-order valence-corrected chi connectivity index (χ2v) is 7.43. The van der Waals surface area contributed by atoms with Crippen LogP contribution >= 0.6 is 11.6 Å². The summed E-state index contributed by atoms with van der Waals surface area (Å²) in [5.74, 6) is 1.05. The molecule has 3 nitrogen and oxygen atoms in total. The SMILES string of the molecule is CC[C@H](Oc1ccc(Cl)c(C)c1)C(=O)N[C@H](CC(C)C)c1ccccc1. The lowest BCUT2D eigenvalue weighted by atomic mass is 9.96. The standard InChI is InChI=1S/C22H28ClNO2/c1-5-21(26-18-11-12-19(23)16(4)14-18)22(25)24-20(13-15(2)3)17-9-7-6-8-10-17/h6-12,14-15,20-21H,5,13H2,1-4H3,(H,24,25)/t20-,21+/m1/s1. The van der Waals surface area contributed by atoms with Gasteiger partial charge in [-0.15, -0.1) is 0 Å². The Morgan fingerprint density at radius 1 is 1.15 bits per heavy atom. The molecule has 0 radical (unpaired) electrons. The summed E-state index contributed by atoms with van der Waals surface area (Å²) in [7, 11) is 0. The fraction of sp³-hybridized carbons (Fsp3) is 0.409. The minimum atomic E-state index is -0.533. The van der Waals surface area contributed by atoms with Gasteiger partial charge in [-0.2, -0.15) is 0 Å². The molecule has 1 N–H and O–H groups in total. The number of aryl methyl sites for hydroxylation is 1. The number of nitrogens with one attached hydrogen (secondary N) is 1. The second-order valence-electron chi connectivity index (χ2n) is 7.03. The number of hydrogen-bond acceptors (Lipinski definition) is 2. The first-order valence-electron chi connectivity index (χ1n) is 9.18.